The number of aromatic hydroxyl groups is 2. The van der Waals surface area contributed by atoms with Gasteiger partial charge >= 0.3 is 0 Å². The van der Waals surface area contributed by atoms with Crippen LogP contribution in [-0.2, 0) is 27.2 Å². The van der Waals surface area contributed by atoms with Crippen LogP contribution in [0.15, 0.2) is 36.4 Å². The zero-order valence-electron chi connectivity index (χ0n) is 21.2. The van der Waals surface area contributed by atoms with Crippen molar-refractivity contribution >= 4 is 17.7 Å². The van der Waals surface area contributed by atoms with E-state index >= 15 is 0 Å². The number of nitrogens with zero attached hydrogens (tertiary/aromatic N) is 1. The minimum absolute atomic E-state index is 0.129. The summed E-state index contributed by atoms with van der Waals surface area (Å²) in [6.45, 7) is 1.70. The highest BCUT2D eigenvalue weighted by molar-refractivity contribution is 5.94. The largest absolute Gasteiger partial charge is 0.504 e. The van der Waals surface area contributed by atoms with Gasteiger partial charge in [-0.25, -0.2) is 0 Å². The molecule has 5 rings (SSSR count). The van der Waals surface area contributed by atoms with E-state index < -0.39 is 24.2 Å². The third-order valence-electron chi connectivity index (χ3n) is 8.11. The van der Waals surface area contributed by atoms with E-state index in [9.17, 15) is 24.6 Å². The number of carbonyl (C=O) groups is 3. The normalized spacial score (nSPS) is 25.4. The number of nitrogens with one attached hydrogen (secondary N) is 3. The molecule has 0 spiro atoms. The lowest BCUT2D eigenvalue weighted by atomic mass is 9.87. The van der Waals surface area contributed by atoms with Gasteiger partial charge in [0.05, 0.1) is 18.1 Å². The van der Waals surface area contributed by atoms with Crippen molar-refractivity contribution in [3.8, 4) is 11.5 Å². The lowest BCUT2D eigenvalue weighted by molar-refractivity contribution is -0.143. The molecule has 0 aromatic heterocycles. The number of aryl methyl sites for hydroxylation is 1. The first-order valence-electron chi connectivity index (χ1n) is 13.0. The van der Waals surface area contributed by atoms with Crippen LogP contribution in [0.5, 0.6) is 11.5 Å². The zero-order valence-corrected chi connectivity index (χ0v) is 21.2. The molecule has 0 saturated carbocycles. The summed E-state index contributed by atoms with van der Waals surface area (Å²) >= 11 is 0. The molecule has 9 nitrogen and oxygen atoms in total. The average Bonchev–Trinajstić information content (AvgIpc) is 3.30. The van der Waals surface area contributed by atoms with Crippen LogP contribution in [0.25, 0.3) is 0 Å². The molecule has 1 saturated heterocycles. The lowest BCUT2D eigenvalue weighted by Gasteiger charge is -2.33. The highest BCUT2D eigenvalue weighted by Gasteiger charge is 2.48. The van der Waals surface area contributed by atoms with Gasteiger partial charge in [0.25, 0.3) is 0 Å². The van der Waals surface area contributed by atoms with Crippen LogP contribution in [0.1, 0.15) is 66.9 Å². The summed E-state index contributed by atoms with van der Waals surface area (Å²) in [6, 6.07) is 8.30. The molecule has 1 aliphatic carbocycles. The fourth-order valence-electron chi connectivity index (χ4n) is 6.05. The number of benzene rings is 2. The molecule has 9 heteroatoms. The maximum atomic E-state index is 13.9. The monoisotopic (exact) mass is 506 g/mol. The van der Waals surface area contributed by atoms with E-state index in [4.69, 9.17) is 0 Å². The molecule has 0 bridgehead atoms. The molecule has 0 radical (unpaired) electrons. The summed E-state index contributed by atoms with van der Waals surface area (Å²) in [4.78, 5) is 41.8. The topological polar surface area (TPSA) is 131 Å². The van der Waals surface area contributed by atoms with Crippen molar-refractivity contribution in [2.24, 2.45) is 0 Å². The van der Waals surface area contributed by atoms with Crippen molar-refractivity contribution in [2.45, 2.75) is 75.7 Å². The van der Waals surface area contributed by atoms with Gasteiger partial charge < -0.3 is 31.1 Å². The van der Waals surface area contributed by atoms with Gasteiger partial charge in [-0.3, -0.25) is 14.4 Å². The molecule has 3 amide bonds. The number of likely N-dealkylation sites (N-methyl/N-ethyl adjacent to an activating group) is 1. The number of rotatable bonds is 5. The van der Waals surface area contributed by atoms with Gasteiger partial charge in [-0.2, -0.15) is 0 Å². The molecule has 2 heterocycles. The van der Waals surface area contributed by atoms with E-state index in [1.54, 1.807) is 20.0 Å². The number of phenolic OH excluding ortho intramolecular Hbond substituents is 2. The van der Waals surface area contributed by atoms with Gasteiger partial charge in [-0.15, -0.1) is 0 Å². The second-order valence-corrected chi connectivity index (χ2v) is 10.3. The second-order valence-electron chi connectivity index (χ2n) is 10.3. The summed E-state index contributed by atoms with van der Waals surface area (Å²) in [5, 5.41) is 29.9. The fraction of sp³-hybridized carbons (Fsp3) is 0.464. The predicted octanol–water partition coefficient (Wildman–Crippen LogP) is 1.97. The first-order valence-corrected chi connectivity index (χ1v) is 13.0. The van der Waals surface area contributed by atoms with Crippen LogP contribution < -0.4 is 16.0 Å². The minimum atomic E-state index is -0.903. The van der Waals surface area contributed by atoms with E-state index in [1.807, 2.05) is 18.2 Å². The Morgan fingerprint density at radius 3 is 2.57 bits per heavy atom. The second kappa shape index (κ2) is 10.0. The van der Waals surface area contributed by atoms with Crippen LogP contribution in [0.4, 0.5) is 0 Å². The van der Waals surface area contributed by atoms with Gasteiger partial charge in [-0.1, -0.05) is 30.3 Å². The summed E-state index contributed by atoms with van der Waals surface area (Å²) < 4.78 is 0. The predicted molar refractivity (Wildman–Crippen MR) is 137 cm³/mol. The van der Waals surface area contributed by atoms with Crippen molar-refractivity contribution < 1.29 is 24.6 Å². The number of hydrogen-bond acceptors (Lipinski definition) is 6. The number of carbonyl (C=O) groups excluding carboxylic acids is 3. The Kier molecular flexibility index (Phi) is 6.81. The third kappa shape index (κ3) is 4.52. The van der Waals surface area contributed by atoms with Gasteiger partial charge in [0.15, 0.2) is 11.5 Å². The quantitative estimate of drug-likeness (QED) is 0.394. The van der Waals surface area contributed by atoms with Crippen LogP contribution >= 0.6 is 0 Å². The molecular formula is C28H34N4O5. The SMILES string of the molecule is CN[C@@H](C)C(=O)N[C@H]1Cc2ccc(O)c(O)c2[C@H]2CCC(C(=O)N[C@H]3CCCc4ccccc43)N2C1=O. The van der Waals surface area contributed by atoms with Gasteiger partial charge in [0.1, 0.15) is 12.1 Å². The maximum Gasteiger partial charge on any atom is 0.246 e. The molecule has 5 atom stereocenters. The van der Waals surface area contributed by atoms with Crippen molar-refractivity contribution in [3.63, 3.8) is 0 Å². The lowest BCUT2D eigenvalue weighted by Crippen LogP contribution is -2.55. The van der Waals surface area contributed by atoms with E-state index in [1.165, 1.54) is 16.5 Å². The van der Waals surface area contributed by atoms with Crippen molar-refractivity contribution in [1.82, 2.24) is 20.9 Å². The van der Waals surface area contributed by atoms with Crippen LogP contribution in [0.3, 0.4) is 0 Å². The molecule has 37 heavy (non-hydrogen) atoms. The summed E-state index contributed by atoms with van der Waals surface area (Å²) in [5.74, 6) is -1.49. The smallest absolute Gasteiger partial charge is 0.246 e. The molecule has 2 aliphatic heterocycles. The van der Waals surface area contributed by atoms with Crippen molar-refractivity contribution in [1.29, 1.82) is 0 Å². The number of phenols is 2. The van der Waals surface area contributed by atoms with E-state index in [2.05, 4.69) is 22.0 Å². The Hall–Kier alpha value is -3.59. The highest BCUT2D eigenvalue weighted by atomic mass is 16.3. The molecule has 196 valence electrons. The van der Waals surface area contributed by atoms with Crippen LogP contribution in [0.2, 0.25) is 0 Å². The zero-order chi connectivity index (χ0) is 26.3. The minimum Gasteiger partial charge on any atom is -0.504 e. The summed E-state index contributed by atoms with van der Waals surface area (Å²) in [7, 11) is 1.66. The maximum absolute atomic E-state index is 13.9. The summed E-state index contributed by atoms with van der Waals surface area (Å²) in [6.07, 6.45) is 3.80. The fourth-order valence-corrected chi connectivity index (χ4v) is 6.05. The Morgan fingerprint density at radius 1 is 1.00 bits per heavy atom. The molecule has 3 aliphatic rings. The van der Waals surface area contributed by atoms with E-state index in [0.717, 1.165) is 24.8 Å². The Bertz CT molecular complexity index is 1230. The van der Waals surface area contributed by atoms with Crippen LogP contribution in [0, 0.1) is 0 Å². The number of hydrogen-bond donors (Lipinski definition) is 5. The molecule has 2 aromatic rings. The summed E-state index contributed by atoms with van der Waals surface area (Å²) in [5.41, 5.74) is 3.45. The highest BCUT2D eigenvalue weighted by Crippen LogP contribution is 2.47. The van der Waals surface area contributed by atoms with Gasteiger partial charge in [0, 0.05) is 12.0 Å². The Morgan fingerprint density at radius 2 is 1.78 bits per heavy atom. The molecule has 5 N–H and O–H groups in total. The average molecular weight is 507 g/mol. The van der Waals surface area contributed by atoms with E-state index in [-0.39, 0.29) is 41.7 Å². The molecule has 1 fully saturated rings. The van der Waals surface area contributed by atoms with Crippen LogP contribution in [-0.4, -0.2) is 58.0 Å². The van der Waals surface area contributed by atoms with Gasteiger partial charge in [-0.05, 0) is 68.8 Å². The molecule has 2 aromatic carbocycles. The third-order valence-corrected chi connectivity index (χ3v) is 8.11. The van der Waals surface area contributed by atoms with Gasteiger partial charge in [0.2, 0.25) is 17.7 Å². The first kappa shape index (κ1) is 25.1. The Labute approximate surface area is 216 Å². The Balaban J connectivity index is 1.47. The molecular weight excluding hydrogens is 472 g/mol. The molecule has 1 unspecified atom stereocenters. The van der Waals surface area contributed by atoms with Crippen molar-refractivity contribution in [3.05, 3.63) is 58.7 Å². The number of amides is 3. The first-order chi connectivity index (χ1) is 17.8. The number of fused-ring (bicyclic) bond motifs is 4. The standard InChI is InChI=1S/C28H34N4O5/c1-15(29-2)26(35)31-20-14-17-10-13-23(33)25(34)24(17)21-11-12-22(32(21)28(20)37)27(36)30-19-9-5-7-16-6-3-4-8-18(16)19/h3-4,6,8,10,13,15,19-22,29,33-34H,5,7,9,11-12,14H2,1-2H3,(H,30,36)(H,31,35)/t15-,19-,20-,21+,22?/m0/s1. The van der Waals surface area contributed by atoms with E-state index in [0.29, 0.717) is 24.0 Å². The van der Waals surface area contributed by atoms with Crippen molar-refractivity contribution in [2.75, 3.05) is 7.05 Å².